The van der Waals surface area contributed by atoms with E-state index in [2.05, 4.69) is 36.8 Å². The second-order valence-electron chi connectivity index (χ2n) is 5.46. The fourth-order valence-corrected chi connectivity index (χ4v) is 4.17. The van der Waals surface area contributed by atoms with E-state index in [1.807, 2.05) is 13.0 Å². The Kier molecular flexibility index (Phi) is 4.20. The average Bonchev–Trinajstić information content (AvgIpc) is 2.47. The summed E-state index contributed by atoms with van der Waals surface area (Å²) in [6, 6.07) is 1.78. The number of ketones is 1. The SMILES string of the molecule is Cc1c(Br)cc2c(c1Br)OC[C@H](N1CCCCC1)C2=O. The largest absolute Gasteiger partial charge is 0.489 e. The maximum absolute atomic E-state index is 12.8. The van der Waals surface area contributed by atoms with Gasteiger partial charge in [-0.05, 0) is 60.4 Å². The number of piperidine rings is 1. The molecule has 0 saturated carbocycles. The number of rotatable bonds is 1. The first-order chi connectivity index (χ1) is 9.59. The summed E-state index contributed by atoms with van der Waals surface area (Å²) < 4.78 is 7.72. The van der Waals surface area contributed by atoms with Crippen LogP contribution in [0.1, 0.15) is 35.2 Å². The van der Waals surface area contributed by atoms with Crippen molar-refractivity contribution in [2.75, 3.05) is 19.7 Å². The second kappa shape index (κ2) is 5.78. The first-order valence-electron chi connectivity index (χ1n) is 6.99. The van der Waals surface area contributed by atoms with Crippen LogP contribution in [0, 0.1) is 6.92 Å². The molecule has 0 aliphatic carbocycles. The minimum atomic E-state index is -0.121. The maximum Gasteiger partial charge on any atom is 0.187 e. The van der Waals surface area contributed by atoms with Crippen molar-refractivity contribution in [3.63, 3.8) is 0 Å². The Labute approximate surface area is 135 Å². The topological polar surface area (TPSA) is 29.5 Å². The standard InChI is InChI=1S/C15H17Br2NO2/c1-9-11(16)7-10-14(19)12(8-20-15(10)13(9)17)18-5-3-2-4-6-18/h7,12H,2-6,8H2,1H3/t12-/m0/s1. The molecule has 2 heterocycles. The zero-order valence-electron chi connectivity index (χ0n) is 11.4. The van der Waals surface area contributed by atoms with Gasteiger partial charge in [-0.1, -0.05) is 22.4 Å². The smallest absolute Gasteiger partial charge is 0.187 e. The van der Waals surface area contributed by atoms with E-state index in [-0.39, 0.29) is 11.8 Å². The van der Waals surface area contributed by atoms with E-state index in [1.165, 1.54) is 19.3 Å². The summed E-state index contributed by atoms with van der Waals surface area (Å²) in [6.07, 6.45) is 3.63. The minimum Gasteiger partial charge on any atom is -0.489 e. The van der Waals surface area contributed by atoms with E-state index in [1.54, 1.807) is 0 Å². The molecule has 0 N–H and O–H groups in total. The van der Waals surface area contributed by atoms with Crippen LogP contribution in [0.4, 0.5) is 0 Å². The third-order valence-electron chi connectivity index (χ3n) is 4.19. The number of nitrogens with zero attached hydrogens (tertiary/aromatic N) is 1. The normalized spacial score (nSPS) is 23.4. The highest BCUT2D eigenvalue weighted by Crippen LogP contribution is 2.40. The van der Waals surface area contributed by atoms with Crippen molar-refractivity contribution in [1.29, 1.82) is 0 Å². The van der Waals surface area contributed by atoms with Crippen LogP contribution in [0.25, 0.3) is 0 Å². The van der Waals surface area contributed by atoms with Gasteiger partial charge in [0.1, 0.15) is 18.4 Å². The highest BCUT2D eigenvalue weighted by Gasteiger charge is 2.35. The summed E-state index contributed by atoms with van der Waals surface area (Å²) in [5, 5.41) is 0. The molecule has 0 unspecified atom stereocenters. The van der Waals surface area contributed by atoms with Crippen molar-refractivity contribution in [3.8, 4) is 5.75 Å². The molecule has 1 aromatic carbocycles. The Hall–Kier alpha value is -0.390. The second-order valence-corrected chi connectivity index (χ2v) is 7.11. The van der Waals surface area contributed by atoms with E-state index in [4.69, 9.17) is 4.74 Å². The molecule has 1 saturated heterocycles. The van der Waals surface area contributed by atoms with Crippen molar-refractivity contribution in [1.82, 2.24) is 4.90 Å². The number of benzene rings is 1. The minimum absolute atomic E-state index is 0.121. The lowest BCUT2D eigenvalue weighted by atomic mass is 9.97. The number of fused-ring (bicyclic) bond motifs is 1. The summed E-state index contributed by atoms with van der Waals surface area (Å²) >= 11 is 7.06. The van der Waals surface area contributed by atoms with E-state index < -0.39 is 0 Å². The number of ether oxygens (including phenoxy) is 1. The third-order valence-corrected chi connectivity index (χ3v) is 5.97. The molecule has 108 valence electrons. The van der Waals surface area contributed by atoms with Crippen molar-refractivity contribution >= 4 is 37.6 Å². The van der Waals surface area contributed by atoms with Crippen LogP contribution >= 0.6 is 31.9 Å². The van der Waals surface area contributed by atoms with Crippen LogP contribution in [0.5, 0.6) is 5.75 Å². The Morgan fingerprint density at radius 2 is 1.95 bits per heavy atom. The molecule has 0 aromatic heterocycles. The number of carbonyl (C=O) groups excluding carboxylic acids is 1. The molecule has 0 bridgehead atoms. The van der Waals surface area contributed by atoms with Gasteiger partial charge in [-0.25, -0.2) is 0 Å². The predicted molar refractivity (Wildman–Crippen MR) is 85.6 cm³/mol. The van der Waals surface area contributed by atoms with Crippen molar-refractivity contribution in [3.05, 3.63) is 26.1 Å². The molecule has 1 atom stereocenters. The van der Waals surface area contributed by atoms with Gasteiger partial charge in [-0.3, -0.25) is 9.69 Å². The molecular weight excluding hydrogens is 386 g/mol. The van der Waals surface area contributed by atoms with Crippen LogP contribution in [0.2, 0.25) is 0 Å². The highest BCUT2D eigenvalue weighted by molar-refractivity contribution is 9.11. The number of halogens is 2. The predicted octanol–water partition coefficient (Wildman–Crippen LogP) is 3.95. The monoisotopic (exact) mass is 401 g/mol. The van der Waals surface area contributed by atoms with E-state index in [0.29, 0.717) is 17.9 Å². The molecule has 0 amide bonds. The zero-order valence-corrected chi connectivity index (χ0v) is 14.6. The van der Waals surface area contributed by atoms with Crippen LogP contribution in [0.3, 0.4) is 0 Å². The fourth-order valence-electron chi connectivity index (χ4n) is 2.94. The molecule has 0 radical (unpaired) electrons. The molecule has 5 heteroatoms. The summed E-state index contributed by atoms with van der Waals surface area (Å²) in [7, 11) is 0. The first-order valence-corrected chi connectivity index (χ1v) is 8.58. The van der Waals surface area contributed by atoms with E-state index in [9.17, 15) is 4.79 Å². The fraction of sp³-hybridized carbons (Fsp3) is 0.533. The van der Waals surface area contributed by atoms with E-state index >= 15 is 0 Å². The number of likely N-dealkylation sites (tertiary alicyclic amines) is 1. The van der Waals surface area contributed by atoms with Crippen LogP contribution in [-0.2, 0) is 0 Å². The Morgan fingerprint density at radius 3 is 2.65 bits per heavy atom. The number of hydrogen-bond donors (Lipinski definition) is 0. The maximum atomic E-state index is 12.8. The molecule has 2 aliphatic rings. The molecule has 0 spiro atoms. The average molecular weight is 403 g/mol. The molecule has 3 rings (SSSR count). The Bertz CT molecular complexity index is 553. The van der Waals surface area contributed by atoms with Gasteiger partial charge in [0, 0.05) is 4.47 Å². The quantitative estimate of drug-likeness (QED) is 0.712. The third kappa shape index (κ3) is 2.44. The van der Waals surface area contributed by atoms with Crippen molar-refractivity contribution in [2.45, 2.75) is 32.2 Å². The highest BCUT2D eigenvalue weighted by atomic mass is 79.9. The van der Waals surface area contributed by atoms with Crippen LogP contribution in [0.15, 0.2) is 15.0 Å². The lowest BCUT2D eigenvalue weighted by Crippen LogP contribution is -2.49. The van der Waals surface area contributed by atoms with Crippen LogP contribution in [-0.4, -0.2) is 36.4 Å². The lowest BCUT2D eigenvalue weighted by molar-refractivity contribution is 0.0621. The van der Waals surface area contributed by atoms with Gasteiger partial charge in [0.15, 0.2) is 5.78 Å². The number of Topliss-reactive ketones (excluding diaryl/α,β-unsaturated/α-hetero) is 1. The zero-order chi connectivity index (χ0) is 14.3. The van der Waals surface area contributed by atoms with Gasteiger partial charge in [-0.2, -0.15) is 0 Å². The Balaban J connectivity index is 1.94. The number of carbonyl (C=O) groups is 1. The summed E-state index contributed by atoms with van der Waals surface area (Å²) in [5.74, 6) is 0.888. The first kappa shape index (κ1) is 14.5. The molecule has 20 heavy (non-hydrogen) atoms. The van der Waals surface area contributed by atoms with Gasteiger partial charge in [0.05, 0.1) is 10.0 Å². The molecular formula is C15H17Br2NO2. The van der Waals surface area contributed by atoms with Gasteiger partial charge in [0.25, 0.3) is 0 Å². The molecule has 3 nitrogen and oxygen atoms in total. The summed E-state index contributed by atoms with van der Waals surface area (Å²) in [5.41, 5.74) is 1.75. The van der Waals surface area contributed by atoms with Gasteiger partial charge in [-0.15, -0.1) is 0 Å². The van der Waals surface area contributed by atoms with Gasteiger partial charge in [0.2, 0.25) is 0 Å². The summed E-state index contributed by atoms with van der Waals surface area (Å²) in [4.78, 5) is 15.0. The van der Waals surface area contributed by atoms with Crippen LogP contribution < -0.4 is 4.74 Å². The summed E-state index contributed by atoms with van der Waals surface area (Å²) in [6.45, 7) is 4.47. The van der Waals surface area contributed by atoms with Gasteiger partial charge < -0.3 is 4.74 Å². The Morgan fingerprint density at radius 1 is 1.25 bits per heavy atom. The van der Waals surface area contributed by atoms with Crippen molar-refractivity contribution in [2.24, 2.45) is 0 Å². The molecule has 1 fully saturated rings. The van der Waals surface area contributed by atoms with Gasteiger partial charge >= 0.3 is 0 Å². The van der Waals surface area contributed by atoms with E-state index in [0.717, 1.165) is 27.6 Å². The number of hydrogen-bond acceptors (Lipinski definition) is 3. The lowest BCUT2D eigenvalue weighted by Gasteiger charge is -2.36. The molecule has 2 aliphatic heterocycles. The van der Waals surface area contributed by atoms with Crippen molar-refractivity contribution < 1.29 is 9.53 Å². The molecule has 1 aromatic rings.